The summed E-state index contributed by atoms with van der Waals surface area (Å²) >= 11 is 2.69. The summed E-state index contributed by atoms with van der Waals surface area (Å²) in [4.78, 5) is 36.3. The van der Waals surface area contributed by atoms with E-state index in [9.17, 15) is 14.9 Å². The van der Waals surface area contributed by atoms with E-state index in [0.29, 0.717) is 27.7 Å². The van der Waals surface area contributed by atoms with Gasteiger partial charge in [-0.2, -0.15) is 5.26 Å². The molecule has 32 heavy (non-hydrogen) atoms. The molecule has 0 spiro atoms. The molecule has 0 fully saturated rings. The van der Waals surface area contributed by atoms with Gasteiger partial charge in [0.15, 0.2) is 10.9 Å². The Hall–Kier alpha value is -3.09. The number of thioether (sulfide) groups is 1. The Morgan fingerprint density at radius 1 is 1.19 bits per heavy atom. The molecule has 0 atom stereocenters. The molecule has 1 aromatic carbocycles. The molecule has 7 nitrogen and oxygen atoms in total. The van der Waals surface area contributed by atoms with Gasteiger partial charge in [0.05, 0.1) is 22.5 Å². The zero-order chi connectivity index (χ0) is 23.2. The summed E-state index contributed by atoms with van der Waals surface area (Å²) < 4.78 is 1.60. The molecule has 3 heterocycles. The van der Waals surface area contributed by atoms with Gasteiger partial charge in [-0.3, -0.25) is 14.2 Å². The Morgan fingerprint density at radius 2 is 1.81 bits per heavy atom. The maximum atomic E-state index is 13.1. The van der Waals surface area contributed by atoms with Crippen molar-refractivity contribution in [2.24, 2.45) is 0 Å². The number of nitriles is 1. The van der Waals surface area contributed by atoms with E-state index in [0.717, 1.165) is 21.8 Å². The van der Waals surface area contributed by atoms with E-state index in [1.807, 2.05) is 68.9 Å². The highest BCUT2D eigenvalue weighted by Gasteiger charge is 2.31. The summed E-state index contributed by atoms with van der Waals surface area (Å²) in [6, 6.07) is 9.87. The van der Waals surface area contributed by atoms with Crippen LogP contribution in [0.25, 0.3) is 10.2 Å². The average molecular weight is 466 g/mol. The molecule has 164 valence electrons. The molecule has 2 aromatic heterocycles. The third kappa shape index (κ3) is 3.40. The molecular formula is C23H23N5O2S2. The number of thiophene rings is 1. The number of fused-ring (bicyclic) bond motifs is 2. The van der Waals surface area contributed by atoms with Gasteiger partial charge in [0.1, 0.15) is 22.3 Å². The zero-order valence-electron chi connectivity index (χ0n) is 18.6. The number of hydrogen-bond donors (Lipinski definition) is 0. The number of carbonyl (C=O) groups excluding carboxylic acids is 1. The quantitative estimate of drug-likeness (QED) is 0.243. The van der Waals surface area contributed by atoms with Crippen LogP contribution in [0.5, 0.6) is 0 Å². The fraction of sp³-hybridized carbons (Fsp3) is 0.304. The first-order valence-corrected chi connectivity index (χ1v) is 12.0. The highest BCUT2D eigenvalue weighted by atomic mass is 32.2. The standard InChI is InChI=1S/C23H23N5O2S2/c1-6-28-22(30)19-13(2)14(3)32-20(19)25-23(28)31-12-18(29)15(11-24)21-26(4)16-9-7-8-10-17(16)27(21)5/h7-10H,6,12H2,1-5H3. The summed E-state index contributed by atoms with van der Waals surface area (Å²) in [5, 5.41) is 11.0. The first kappa shape index (κ1) is 22.1. The molecule has 0 N–H and O–H groups in total. The molecule has 0 amide bonds. The second kappa shape index (κ2) is 8.45. The zero-order valence-corrected chi connectivity index (χ0v) is 20.2. The van der Waals surface area contributed by atoms with E-state index in [4.69, 9.17) is 0 Å². The second-order valence-corrected chi connectivity index (χ2v) is 9.68. The summed E-state index contributed by atoms with van der Waals surface area (Å²) in [5.41, 5.74) is 2.84. The normalized spacial score (nSPS) is 12.9. The van der Waals surface area contributed by atoms with E-state index in [1.54, 1.807) is 4.57 Å². The van der Waals surface area contributed by atoms with Crippen LogP contribution in [-0.2, 0) is 11.3 Å². The Balaban J connectivity index is 1.67. The number of hydrogen-bond acceptors (Lipinski definition) is 8. The lowest BCUT2D eigenvalue weighted by molar-refractivity contribution is -0.112. The van der Waals surface area contributed by atoms with Crippen LogP contribution in [0.3, 0.4) is 0 Å². The van der Waals surface area contributed by atoms with Crippen LogP contribution >= 0.6 is 23.1 Å². The predicted octanol–water partition coefficient (Wildman–Crippen LogP) is 4.08. The lowest BCUT2D eigenvalue weighted by atomic mass is 10.2. The van der Waals surface area contributed by atoms with Crippen molar-refractivity contribution in [2.75, 3.05) is 29.6 Å². The third-order valence-corrected chi connectivity index (χ3v) is 7.83. The summed E-state index contributed by atoms with van der Waals surface area (Å²) in [7, 11) is 3.70. The van der Waals surface area contributed by atoms with Gasteiger partial charge in [-0.1, -0.05) is 23.9 Å². The topological polar surface area (TPSA) is 82.2 Å². The summed E-state index contributed by atoms with van der Waals surface area (Å²) in [6.07, 6.45) is 0. The smallest absolute Gasteiger partial charge is 0.263 e. The van der Waals surface area contributed by atoms with Crippen molar-refractivity contribution in [3.8, 4) is 6.07 Å². The van der Waals surface area contributed by atoms with Crippen LogP contribution in [0.1, 0.15) is 17.4 Å². The van der Waals surface area contributed by atoms with Gasteiger partial charge in [0.2, 0.25) is 0 Å². The number of rotatable bonds is 5. The number of para-hydroxylation sites is 2. The van der Waals surface area contributed by atoms with E-state index < -0.39 is 0 Å². The van der Waals surface area contributed by atoms with Crippen molar-refractivity contribution in [2.45, 2.75) is 32.5 Å². The van der Waals surface area contributed by atoms with Gasteiger partial charge in [-0.25, -0.2) is 4.98 Å². The number of benzene rings is 1. The van der Waals surface area contributed by atoms with Crippen molar-refractivity contribution in [1.29, 1.82) is 5.26 Å². The van der Waals surface area contributed by atoms with Gasteiger partial charge in [-0.15, -0.1) is 11.3 Å². The summed E-state index contributed by atoms with van der Waals surface area (Å²) in [5.74, 6) is 0.278. The Bertz CT molecular complexity index is 1350. The van der Waals surface area contributed by atoms with Crippen LogP contribution in [0.4, 0.5) is 11.4 Å². The molecule has 0 bridgehead atoms. The van der Waals surface area contributed by atoms with Gasteiger partial charge in [0.25, 0.3) is 5.56 Å². The van der Waals surface area contributed by atoms with Crippen LogP contribution in [0.2, 0.25) is 0 Å². The minimum absolute atomic E-state index is 0.0195. The lowest BCUT2D eigenvalue weighted by Gasteiger charge is -2.20. The fourth-order valence-electron chi connectivity index (χ4n) is 3.96. The second-order valence-electron chi connectivity index (χ2n) is 7.54. The number of aryl methyl sites for hydroxylation is 2. The van der Waals surface area contributed by atoms with Crippen molar-refractivity contribution < 1.29 is 4.79 Å². The molecule has 0 radical (unpaired) electrons. The molecule has 1 aliphatic rings. The average Bonchev–Trinajstić information content (AvgIpc) is 3.21. The van der Waals surface area contributed by atoms with E-state index >= 15 is 0 Å². The fourth-order valence-corrected chi connectivity index (χ4v) is 5.96. The first-order chi connectivity index (χ1) is 15.3. The monoisotopic (exact) mass is 465 g/mol. The van der Waals surface area contributed by atoms with Crippen LogP contribution < -0.4 is 15.4 Å². The molecule has 0 saturated carbocycles. The van der Waals surface area contributed by atoms with Gasteiger partial charge in [-0.05, 0) is 38.5 Å². The van der Waals surface area contributed by atoms with E-state index in [1.165, 1.54) is 23.1 Å². The molecule has 0 aliphatic carbocycles. The molecular weight excluding hydrogens is 442 g/mol. The Kier molecular flexibility index (Phi) is 5.84. The van der Waals surface area contributed by atoms with Gasteiger partial charge in [0, 0.05) is 25.5 Å². The number of nitrogens with zero attached hydrogens (tertiary/aromatic N) is 5. The Labute approximate surface area is 194 Å². The Morgan fingerprint density at radius 3 is 2.38 bits per heavy atom. The molecule has 1 aliphatic heterocycles. The van der Waals surface area contributed by atoms with E-state index in [2.05, 4.69) is 11.1 Å². The highest BCUT2D eigenvalue weighted by Crippen LogP contribution is 2.40. The number of ketones is 1. The summed E-state index contributed by atoms with van der Waals surface area (Å²) in [6.45, 7) is 6.26. The molecule has 3 aromatic rings. The number of allylic oxidation sites excluding steroid dienone is 1. The van der Waals surface area contributed by atoms with Crippen LogP contribution in [0, 0.1) is 25.2 Å². The minimum Gasteiger partial charge on any atom is -0.328 e. The third-order valence-electron chi connectivity index (χ3n) is 5.76. The van der Waals surface area contributed by atoms with Crippen molar-refractivity contribution in [3.05, 3.63) is 56.5 Å². The maximum absolute atomic E-state index is 13.1. The molecule has 4 rings (SSSR count). The van der Waals surface area contributed by atoms with Crippen molar-refractivity contribution in [3.63, 3.8) is 0 Å². The van der Waals surface area contributed by atoms with Gasteiger partial charge >= 0.3 is 0 Å². The minimum atomic E-state index is -0.297. The SMILES string of the molecule is CCn1c(SCC(=O)C(C#N)=C2N(C)c3ccccc3N2C)nc2sc(C)c(C)c2c1=O. The van der Waals surface area contributed by atoms with Crippen LogP contribution in [-0.4, -0.2) is 35.2 Å². The molecule has 0 saturated heterocycles. The van der Waals surface area contributed by atoms with Crippen LogP contribution in [0.15, 0.2) is 45.6 Å². The largest absolute Gasteiger partial charge is 0.328 e. The first-order valence-electron chi connectivity index (χ1n) is 10.2. The van der Waals surface area contributed by atoms with Gasteiger partial charge < -0.3 is 9.80 Å². The molecule has 9 heteroatoms. The van der Waals surface area contributed by atoms with Crippen molar-refractivity contribution >= 4 is 50.5 Å². The van der Waals surface area contributed by atoms with Crippen molar-refractivity contribution in [1.82, 2.24) is 9.55 Å². The maximum Gasteiger partial charge on any atom is 0.263 e. The lowest BCUT2D eigenvalue weighted by Crippen LogP contribution is -2.27. The highest BCUT2D eigenvalue weighted by molar-refractivity contribution is 7.99. The molecule has 0 unspecified atom stereocenters. The number of carbonyl (C=O) groups is 1. The number of Topliss-reactive ketones (excluding diaryl/α,β-unsaturated/α-hetero) is 1. The predicted molar refractivity (Wildman–Crippen MR) is 131 cm³/mol. The number of aromatic nitrogens is 2. The number of anilines is 2. The van der Waals surface area contributed by atoms with E-state index in [-0.39, 0.29) is 22.7 Å².